The quantitative estimate of drug-likeness (QED) is 0.273. The van der Waals surface area contributed by atoms with E-state index in [1.165, 1.54) is 28.7 Å². The molecule has 0 atom stereocenters. The largest absolute Gasteiger partial charge is 0.497 e. The highest BCUT2D eigenvalue weighted by Crippen LogP contribution is 2.30. The van der Waals surface area contributed by atoms with Gasteiger partial charge in [0.1, 0.15) is 5.75 Å². The molecule has 0 radical (unpaired) electrons. The highest BCUT2D eigenvalue weighted by Gasteiger charge is 2.29. The fourth-order valence-electron chi connectivity index (χ4n) is 5.77. The van der Waals surface area contributed by atoms with E-state index in [-0.39, 0.29) is 11.9 Å². The summed E-state index contributed by atoms with van der Waals surface area (Å²) in [6.07, 6.45) is 12.8. The average Bonchev–Trinajstić information content (AvgIpc) is 3.19. The molecule has 0 spiro atoms. The second kappa shape index (κ2) is 15.6. The molecule has 4 nitrogen and oxygen atoms in total. The van der Waals surface area contributed by atoms with Crippen LogP contribution in [0.3, 0.4) is 0 Å². The molecule has 2 aromatic rings. The number of piperidine rings is 1. The Morgan fingerprint density at radius 2 is 1.86 bits per heavy atom. The summed E-state index contributed by atoms with van der Waals surface area (Å²) in [4.78, 5) is 18.9. The third-order valence-corrected chi connectivity index (χ3v) is 8.28. The van der Waals surface area contributed by atoms with Gasteiger partial charge in [0.15, 0.2) is 0 Å². The topological polar surface area (TPSA) is 32.8 Å². The highest BCUT2D eigenvalue weighted by atomic mass is 16.5. The molecule has 0 bridgehead atoms. The first-order chi connectivity index (χ1) is 20.4. The first-order valence-corrected chi connectivity index (χ1v) is 15.7. The lowest BCUT2D eigenvalue weighted by molar-refractivity contribution is 0.0596. The average molecular weight is 565 g/mol. The van der Waals surface area contributed by atoms with Crippen LogP contribution < -0.4 is 4.74 Å². The maximum absolute atomic E-state index is 14.2. The van der Waals surface area contributed by atoms with Gasteiger partial charge >= 0.3 is 0 Å². The SMILES string of the molecule is CCCC#Cc1cccc(C(=O)N(CC2=CCC=C(c3ccc(OC)cc3)C(C)=C2)C2CCN(CCC(C)C)CC2)c1. The van der Waals surface area contributed by atoms with Gasteiger partial charge < -0.3 is 14.5 Å². The predicted molar refractivity (Wildman–Crippen MR) is 176 cm³/mol. The first kappa shape index (κ1) is 31.4. The Labute approximate surface area is 254 Å². The van der Waals surface area contributed by atoms with Gasteiger partial charge in [-0.25, -0.2) is 0 Å². The van der Waals surface area contributed by atoms with Crippen LogP contribution in [0.1, 0.15) is 87.7 Å². The van der Waals surface area contributed by atoms with Gasteiger partial charge in [-0.2, -0.15) is 0 Å². The number of nitrogens with zero attached hydrogens (tertiary/aromatic N) is 2. The van der Waals surface area contributed by atoms with Crippen molar-refractivity contribution in [3.8, 4) is 17.6 Å². The minimum Gasteiger partial charge on any atom is -0.497 e. The molecule has 1 amide bonds. The molecule has 0 saturated carbocycles. The van der Waals surface area contributed by atoms with Crippen molar-refractivity contribution in [1.82, 2.24) is 9.80 Å². The van der Waals surface area contributed by atoms with E-state index in [4.69, 9.17) is 4.74 Å². The summed E-state index contributed by atoms with van der Waals surface area (Å²) >= 11 is 0. The summed E-state index contributed by atoms with van der Waals surface area (Å²) in [7, 11) is 1.69. The first-order valence-electron chi connectivity index (χ1n) is 15.7. The van der Waals surface area contributed by atoms with E-state index in [0.29, 0.717) is 12.5 Å². The van der Waals surface area contributed by atoms with Gasteiger partial charge in [0.2, 0.25) is 0 Å². The summed E-state index contributed by atoms with van der Waals surface area (Å²) in [5.74, 6) is 8.15. The van der Waals surface area contributed by atoms with E-state index < -0.39 is 0 Å². The molecule has 4 rings (SSSR count). The maximum Gasteiger partial charge on any atom is 0.254 e. The van der Waals surface area contributed by atoms with Crippen LogP contribution in [0.15, 0.2) is 77.9 Å². The third-order valence-electron chi connectivity index (χ3n) is 8.28. The minimum atomic E-state index is 0.106. The number of carbonyl (C=O) groups excluding carboxylic acids is 1. The van der Waals surface area contributed by atoms with Crippen LogP contribution in [-0.4, -0.2) is 55.0 Å². The van der Waals surface area contributed by atoms with Crippen LogP contribution in [0.25, 0.3) is 5.57 Å². The molecule has 1 aliphatic carbocycles. The van der Waals surface area contributed by atoms with Gasteiger partial charge in [0.05, 0.1) is 7.11 Å². The summed E-state index contributed by atoms with van der Waals surface area (Å²) in [6, 6.07) is 16.4. The number of ether oxygens (including phenoxy) is 1. The molecule has 2 aromatic carbocycles. The van der Waals surface area contributed by atoms with E-state index in [0.717, 1.165) is 68.6 Å². The Morgan fingerprint density at radius 3 is 2.55 bits per heavy atom. The van der Waals surface area contributed by atoms with Crippen LogP contribution in [0.4, 0.5) is 0 Å². The molecule has 1 fully saturated rings. The molecule has 2 aliphatic rings. The van der Waals surface area contributed by atoms with Gasteiger partial charge in [-0.05, 0) is 104 Å². The fourth-order valence-corrected chi connectivity index (χ4v) is 5.77. The number of unbranched alkanes of at least 4 members (excludes halogenated alkanes) is 1. The summed E-state index contributed by atoms with van der Waals surface area (Å²) < 4.78 is 5.36. The van der Waals surface area contributed by atoms with Crippen LogP contribution in [-0.2, 0) is 0 Å². The number of benzene rings is 2. The summed E-state index contributed by atoms with van der Waals surface area (Å²) in [6.45, 7) is 12.7. The second-order valence-electron chi connectivity index (χ2n) is 12.0. The van der Waals surface area contributed by atoms with Crippen molar-refractivity contribution in [2.45, 2.75) is 72.3 Å². The molecule has 4 heteroatoms. The van der Waals surface area contributed by atoms with E-state index in [1.807, 2.05) is 36.4 Å². The lowest BCUT2D eigenvalue weighted by atomic mass is 9.97. The predicted octanol–water partition coefficient (Wildman–Crippen LogP) is 8.16. The normalized spacial score (nSPS) is 16.1. The molecular weight excluding hydrogens is 516 g/mol. The third kappa shape index (κ3) is 8.73. The number of allylic oxidation sites excluding steroid dienone is 4. The van der Waals surface area contributed by atoms with Crippen molar-refractivity contribution >= 4 is 11.5 Å². The molecule has 1 heterocycles. The zero-order chi connectivity index (χ0) is 29.9. The molecule has 42 heavy (non-hydrogen) atoms. The number of hydrogen-bond donors (Lipinski definition) is 0. The zero-order valence-corrected chi connectivity index (χ0v) is 26.3. The Hall–Kier alpha value is -3.55. The lowest BCUT2D eigenvalue weighted by Crippen LogP contribution is -2.48. The van der Waals surface area contributed by atoms with Crippen molar-refractivity contribution < 1.29 is 9.53 Å². The standard InChI is InChI=1S/C38H48N2O2/c1-6-7-8-11-31-12-9-14-34(27-31)38(41)40(35-21-24-39(25-22-35)23-20-29(2)3)28-32-13-10-15-37(30(4)26-32)33-16-18-36(42-5)19-17-33/h9,12-19,26-27,29,35H,6-7,10,20-25,28H2,1-5H3. The van der Waals surface area contributed by atoms with Gasteiger partial charge in [-0.15, -0.1) is 0 Å². The Bertz CT molecular complexity index is 1350. The Balaban J connectivity index is 1.55. The van der Waals surface area contributed by atoms with E-state index in [1.54, 1.807) is 7.11 Å². The van der Waals surface area contributed by atoms with Crippen LogP contribution in [0, 0.1) is 17.8 Å². The van der Waals surface area contributed by atoms with Gasteiger partial charge in [0.25, 0.3) is 5.91 Å². The number of methoxy groups -OCH3 is 1. The van der Waals surface area contributed by atoms with E-state index >= 15 is 0 Å². The van der Waals surface area contributed by atoms with Gasteiger partial charge in [0, 0.05) is 43.2 Å². The van der Waals surface area contributed by atoms with Crippen molar-refractivity contribution in [3.63, 3.8) is 0 Å². The molecule has 1 aliphatic heterocycles. The molecule has 0 aromatic heterocycles. The number of carbonyl (C=O) groups is 1. The maximum atomic E-state index is 14.2. The van der Waals surface area contributed by atoms with Crippen LogP contribution in [0.2, 0.25) is 0 Å². The Kier molecular flexibility index (Phi) is 11.7. The lowest BCUT2D eigenvalue weighted by Gasteiger charge is -2.39. The molecule has 0 N–H and O–H groups in total. The van der Waals surface area contributed by atoms with Crippen molar-refractivity contribution in [2.75, 3.05) is 33.3 Å². The monoisotopic (exact) mass is 564 g/mol. The molecule has 0 unspecified atom stereocenters. The van der Waals surface area contributed by atoms with E-state index in [2.05, 4.69) is 79.7 Å². The van der Waals surface area contributed by atoms with Gasteiger partial charge in [-0.3, -0.25) is 4.79 Å². The summed E-state index contributed by atoms with van der Waals surface area (Å²) in [5, 5.41) is 0. The minimum absolute atomic E-state index is 0.106. The fraction of sp³-hybridized carbons (Fsp3) is 0.447. The van der Waals surface area contributed by atoms with Crippen molar-refractivity contribution in [3.05, 3.63) is 94.6 Å². The molecular formula is C38H48N2O2. The second-order valence-corrected chi connectivity index (χ2v) is 12.0. The number of rotatable bonds is 10. The molecule has 222 valence electrons. The van der Waals surface area contributed by atoms with Crippen LogP contribution in [0.5, 0.6) is 5.75 Å². The van der Waals surface area contributed by atoms with Gasteiger partial charge in [-0.1, -0.05) is 69.0 Å². The Morgan fingerprint density at radius 1 is 1.10 bits per heavy atom. The van der Waals surface area contributed by atoms with Crippen molar-refractivity contribution in [2.24, 2.45) is 5.92 Å². The zero-order valence-electron chi connectivity index (χ0n) is 26.3. The van der Waals surface area contributed by atoms with E-state index in [9.17, 15) is 4.79 Å². The number of likely N-dealkylation sites (tertiary alicyclic amines) is 1. The number of hydrogen-bond acceptors (Lipinski definition) is 3. The summed E-state index contributed by atoms with van der Waals surface area (Å²) in [5.41, 5.74) is 6.47. The highest BCUT2D eigenvalue weighted by molar-refractivity contribution is 5.95. The van der Waals surface area contributed by atoms with Crippen LogP contribution >= 0.6 is 0 Å². The number of amides is 1. The smallest absolute Gasteiger partial charge is 0.254 e. The molecule has 1 saturated heterocycles. The van der Waals surface area contributed by atoms with Crippen molar-refractivity contribution in [1.29, 1.82) is 0 Å².